The van der Waals surface area contributed by atoms with Crippen LogP contribution in [0.25, 0.3) is 16.7 Å². The molecule has 10 nitrogen and oxygen atoms in total. The third kappa shape index (κ3) is 4.72. The maximum atomic E-state index is 12.8. The summed E-state index contributed by atoms with van der Waals surface area (Å²) in [4.78, 5) is 40.4. The van der Waals surface area contributed by atoms with Crippen molar-refractivity contribution in [3.63, 3.8) is 0 Å². The van der Waals surface area contributed by atoms with Crippen LogP contribution in [0.2, 0.25) is 0 Å². The van der Waals surface area contributed by atoms with Gasteiger partial charge < -0.3 is 5.32 Å². The summed E-state index contributed by atoms with van der Waals surface area (Å²) in [6, 6.07) is 11.8. The summed E-state index contributed by atoms with van der Waals surface area (Å²) in [6.45, 7) is -0.355. The Hall–Kier alpha value is -4.13. The summed E-state index contributed by atoms with van der Waals surface area (Å²) in [5.41, 5.74) is -0.120. The molecule has 4 aromatic rings. The number of rotatable bonds is 7. The standard InChI is InChI=1S/C20H14F2N6O4S/c21-20(22)33-13-7-5-12(6-8-13)25-17(29)10-26-11-23-18-14(19(26)30)9-24-27(18)15-3-1-2-4-16(15)28(31)32/h1-9,11,20H,10H2,(H,25,29). The molecular weight excluding hydrogens is 458 g/mol. The lowest BCUT2D eigenvalue weighted by molar-refractivity contribution is -0.384. The van der Waals surface area contributed by atoms with Crippen LogP contribution in [0.5, 0.6) is 0 Å². The Morgan fingerprint density at radius 3 is 2.61 bits per heavy atom. The molecule has 2 aromatic carbocycles. The molecule has 0 aliphatic carbocycles. The second-order valence-electron chi connectivity index (χ2n) is 6.67. The van der Waals surface area contributed by atoms with Gasteiger partial charge in [0, 0.05) is 16.6 Å². The number of carbonyl (C=O) groups excluding carboxylic acids is 1. The summed E-state index contributed by atoms with van der Waals surface area (Å²) in [5.74, 6) is -3.07. The largest absolute Gasteiger partial charge is 0.325 e. The Morgan fingerprint density at radius 2 is 1.91 bits per heavy atom. The summed E-state index contributed by atoms with van der Waals surface area (Å²) < 4.78 is 27.1. The second kappa shape index (κ2) is 9.16. The lowest BCUT2D eigenvalue weighted by Gasteiger charge is -2.08. The van der Waals surface area contributed by atoms with Crippen molar-refractivity contribution < 1.29 is 18.5 Å². The van der Waals surface area contributed by atoms with Gasteiger partial charge in [-0.05, 0) is 30.3 Å². The SMILES string of the molecule is O=C(Cn1cnc2c(cnn2-c2ccccc2[N+](=O)[O-])c1=O)Nc1ccc(SC(F)F)cc1. The lowest BCUT2D eigenvalue weighted by atomic mass is 10.2. The Balaban J connectivity index is 1.55. The van der Waals surface area contributed by atoms with Crippen LogP contribution >= 0.6 is 11.8 Å². The normalized spacial score (nSPS) is 11.1. The van der Waals surface area contributed by atoms with E-state index in [0.717, 1.165) is 10.9 Å². The highest BCUT2D eigenvalue weighted by Crippen LogP contribution is 2.26. The van der Waals surface area contributed by atoms with Crippen LogP contribution < -0.4 is 10.9 Å². The molecule has 2 heterocycles. The minimum atomic E-state index is -2.54. The van der Waals surface area contributed by atoms with Crippen LogP contribution in [0.15, 0.2) is 70.7 Å². The van der Waals surface area contributed by atoms with Crippen LogP contribution in [0, 0.1) is 10.1 Å². The van der Waals surface area contributed by atoms with Crippen LogP contribution in [0.4, 0.5) is 20.2 Å². The molecule has 2 aromatic heterocycles. The first-order valence-electron chi connectivity index (χ1n) is 9.35. The molecule has 0 saturated carbocycles. The summed E-state index contributed by atoms with van der Waals surface area (Å²) >= 11 is 0.389. The Bertz CT molecular complexity index is 1400. The van der Waals surface area contributed by atoms with Crippen molar-refractivity contribution in [2.75, 3.05) is 5.32 Å². The van der Waals surface area contributed by atoms with E-state index in [1.165, 1.54) is 53.3 Å². The van der Waals surface area contributed by atoms with E-state index in [9.17, 15) is 28.5 Å². The predicted octanol–water partition coefficient (Wildman–Crippen LogP) is 3.44. The molecule has 1 N–H and O–H groups in total. The average Bonchev–Trinajstić information content (AvgIpc) is 3.21. The molecule has 0 aliphatic heterocycles. The number of nitro groups is 1. The second-order valence-corrected chi connectivity index (χ2v) is 7.73. The van der Waals surface area contributed by atoms with Gasteiger partial charge in [0.25, 0.3) is 17.0 Å². The van der Waals surface area contributed by atoms with Gasteiger partial charge in [-0.1, -0.05) is 23.9 Å². The van der Waals surface area contributed by atoms with E-state index in [0.29, 0.717) is 22.3 Å². The van der Waals surface area contributed by atoms with E-state index in [4.69, 9.17) is 0 Å². The van der Waals surface area contributed by atoms with Crippen molar-refractivity contribution in [2.45, 2.75) is 17.2 Å². The third-order valence-corrected chi connectivity index (χ3v) is 5.26. The quantitative estimate of drug-likeness (QED) is 0.248. The molecule has 168 valence electrons. The first-order chi connectivity index (χ1) is 15.8. The highest BCUT2D eigenvalue weighted by atomic mass is 32.2. The molecule has 0 unspecified atom stereocenters. The molecule has 0 spiro atoms. The lowest BCUT2D eigenvalue weighted by Crippen LogP contribution is -2.27. The number of amides is 1. The highest BCUT2D eigenvalue weighted by molar-refractivity contribution is 7.99. The van der Waals surface area contributed by atoms with Gasteiger partial charge in [0.15, 0.2) is 5.65 Å². The number of hydrogen-bond acceptors (Lipinski definition) is 7. The fraction of sp³-hybridized carbons (Fsp3) is 0.100. The summed E-state index contributed by atoms with van der Waals surface area (Å²) in [7, 11) is 0. The Kier molecular flexibility index (Phi) is 6.13. The number of fused-ring (bicyclic) bond motifs is 1. The maximum Gasteiger partial charge on any atom is 0.294 e. The smallest absolute Gasteiger partial charge is 0.294 e. The maximum absolute atomic E-state index is 12.8. The zero-order valence-electron chi connectivity index (χ0n) is 16.6. The van der Waals surface area contributed by atoms with Gasteiger partial charge in [-0.15, -0.1) is 0 Å². The van der Waals surface area contributed by atoms with Gasteiger partial charge in [-0.2, -0.15) is 13.9 Å². The number of hydrogen-bond donors (Lipinski definition) is 1. The van der Waals surface area contributed by atoms with Crippen LogP contribution in [-0.4, -0.2) is 35.9 Å². The van der Waals surface area contributed by atoms with Crippen LogP contribution in [0.1, 0.15) is 0 Å². The average molecular weight is 472 g/mol. The number of nitrogens with zero attached hydrogens (tertiary/aromatic N) is 5. The fourth-order valence-corrected chi connectivity index (χ4v) is 3.61. The van der Waals surface area contributed by atoms with Gasteiger partial charge in [0.1, 0.15) is 23.9 Å². The Labute approximate surface area is 188 Å². The van der Waals surface area contributed by atoms with Gasteiger partial charge in [0.2, 0.25) is 5.91 Å². The van der Waals surface area contributed by atoms with Gasteiger partial charge in [0.05, 0.1) is 11.1 Å². The van der Waals surface area contributed by atoms with Crippen LogP contribution in [-0.2, 0) is 11.3 Å². The van der Waals surface area contributed by atoms with E-state index in [-0.39, 0.29) is 29.0 Å². The van der Waals surface area contributed by atoms with Crippen molar-refractivity contribution in [3.8, 4) is 5.69 Å². The van der Waals surface area contributed by atoms with E-state index in [1.54, 1.807) is 6.07 Å². The van der Waals surface area contributed by atoms with Crippen molar-refractivity contribution in [1.82, 2.24) is 19.3 Å². The van der Waals surface area contributed by atoms with E-state index in [2.05, 4.69) is 15.4 Å². The Morgan fingerprint density at radius 1 is 1.18 bits per heavy atom. The number of para-hydroxylation sites is 2. The predicted molar refractivity (Wildman–Crippen MR) is 117 cm³/mol. The molecule has 1 amide bonds. The van der Waals surface area contributed by atoms with E-state index >= 15 is 0 Å². The summed E-state index contributed by atoms with van der Waals surface area (Å²) in [6.07, 6.45) is 2.38. The first kappa shape index (κ1) is 22.1. The minimum absolute atomic E-state index is 0.0804. The molecular formula is C20H14F2N6O4S. The number of nitro benzene ring substituents is 1. The molecule has 0 fully saturated rings. The topological polar surface area (TPSA) is 125 Å². The zero-order chi connectivity index (χ0) is 23.5. The minimum Gasteiger partial charge on any atom is -0.325 e. The number of aromatic nitrogens is 4. The van der Waals surface area contributed by atoms with Crippen LogP contribution in [0.3, 0.4) is 0 Å². The molecule has 0 atom stereocenters. The van der Waals surface area contributed by atoms with E-state index in [1.807, 2.05) is 0 Å². The molecule has 0 radical (unpaired) electrons. The number of alkyl halides is 2. The number of halogens is 2. The number of anilines is 1. The number of benzene rings is 2. The summed E-state index contributed by atoms with van der Waals surface area (Å²) in [5, 5.41) is 18.0. The fourth-order valence-electron chi connectivity index (χ4n) is 3.11. The van der Waals surface area contributed by atoms with Gasteiger partial charge in [-0.25, -0.2) is 9.67 Å². The molecule has 4 rings (SSSR count). The number of carbonyl (C=O) groups is 1. The van der Waals surface area contributed by atoms with Crippen molar-refractivity contribution in [1.29, 1.82) is 0 Å². The zero-order valence-corrected chi connectivity index (χ0v) is 17.4. The molecule has 0 saturated heterocycles. The molecule has 0 aliphatic rings. The van der Waals surface area contributed by atoms with Crippen molar-refractivity contribution in [2.24, 2.45) is 0 Å². The number of nitrogens with one attached hydrogen (secondary N) is 1. The molecule has 13 heteroatoms. The van der Waals surface area contributed by atoms with E-state index < -0.39 is 22.1 Å². The number of thioether (sulfide) groups is 1. The van der Waals surface area contributed by atoms with Crippen molar-refractivity contribution in [3.05, 3.63) is 81.5 Å². The third-order valence-electron chi connectivity index (χ3n) is 4.54. The van der Waals surface area contributed by atoms with Crippen molar-refractivity contribution >= 4 is 40.1 Å². The monoisotopic (exact) mass is 472 g/mol. The van der Waals surface area contributed by atoms with Gasteiger partial charge >= 0.3 is 0 Å². The highest BCUT2D eigenvalue weighted by Gasteiger charge is 2.19. The first-order valence-corrected chi connectivity index (χ1v) is 10.2. The molecule has 0 bridgehead atoms. The molecule has 33 heavy (non-hydrogen) atoms. The van der Waals surface area contributed by atoms with Gasteiger partial charge in [-0.3, -0.25) is 24.3 Å².